The van der Waals surface area contributed by atoms with Crippen LogP contribution in [0, 0.1) is 0 Å². The van der Waals surface area contributed by atoms with Crippen molar-refractivity contribution in [3.63, 3.8) is 0 Å². The topological polar surface area (TPSA) is 44.7 Å². The van der Waals surface area contributed by atoms with Crippen molar-refractivity contribution in [1.82, 2.24) is 10.2 Å². The molecule has 2 aliphatic heterocycles. The number of β-amino-alcohol motifs (C(OH)–C–C–N with tert-alkyl or cyclic N) is 1. The van der Waals surface area contributed by atoms with Gasteiger partial charge < -0.3 is 15.2 Å². The number of aliphatic hydroxyl groups excluding tert-OH is 1. The van der Waals surface area contributed by atoms with E-state index in [2.05, 4.69) is 10.2 Å². The van der Waals surface area contributed by atoms with E-state index < -0.39 is 0 Å². The van der Waals surface area contributed by atoms with E-state index >= 15 is 0 Å². The van der Waals surface area contributed by atoms with Crippen LogP contribution in [0.15, 0.2) is 0 Å². The average Bonchev–Trinajstić information content (AvgIpc) is 2.45. The maximum Gasteiger partial charge on any atom is 0.0862 e. The molecular formula is C8H16N2O2. The van der Waals surface area contributed by atoms with Crippen LogP contribution in [-0.2, 0) is 4.74 Å². The highest BCUT2D eigenvalue weighted by molar-refractivity contribution is 4.95. The highest BCUT2D eigenvalue weighted by Crippen LogP contribution is 2.18. The Morgan fingerprint density at radius 1 is 1.42 bits per heavy atom. The zero-order chi connectivity index (χ0) is 8.55. The first kappa shape index (κ1) is 8.44. The predicted molar refractivity (Wildman–Crippen MR) is 45.0 cm³/mol. The fourth-order valence-electron chi connectivity index (χ4n) is 2.00. The van der Waals surface area contributed by atoms with Crippen LogP contribution in [0.1, 0.15) is 0 Å². The Morgan fingerprint density at radius 2 is 2.17 bits per heavy atom. The molecule has 0 aromatic carbocycles. The van der Waals surface area contributed by atoms with Gasteiger partial charge in [-0.25, -0.2) is 0 Å². The number of aliphatic hydroxyl groups is 1. The molecule has 0 bridgehead atoms. The number of hydrogen-bond acceptors (Lipinski definition) is 4. The van der Waals surface area contributed by atoms with Gasteiger partial charge in [-0.2, -0.15) is 0 Å². The molecule has 0 amide bonds. The summed E-state index contributed by atoms with van der Waals surface area (Å²) in [5, 5.41) is 12.4. The van der Waals surface area contributed by atoms with E-state index in [1.54, 1.807) is 7.11 Å². The van der Waals surface area contributed by atoms with Crippen LogP contribution >= 0.6 is 0 Å². The summed E-state index contributed by atoms with van der Waals surface area (Å²) in [6.07, 6.45) is 0.195. The Bertz CT molecular complexity index is 159. The number of likely N-dealkylation sites (tertiary alicyclic amines) is 1. The molecule has 0 aromatic rings. The lowest BCUT2D eigenvalue weighted by Crippen LogP contribution is -2.58. The first-order valence-electron chi connectivity index (χ1n) is 4.47. The predicted octanol–water partition coefficient (Wildman–Crippen LogP) is -1.35. The van der Waals surface area contributed by atoms with Gasteiger partial charge in [0.1, 0.15) is 0 Å². The second kappa shape index (κ2) is 3.30. The van der Waals surface area contributed by atoms with Crippen molar-refractivity contribution >= 4 is 0 Å². The summed E-state index contributed by atoms with van der Waals surface area (Å²) in [5.74, 6) is 0. The number of ether oxygens (including phenoxy) is 1. The molecule has 2 unspecified atom stereocenters. The summed E-state index contributed by atoms with van der Waals surface area (Å²) >= 11 is 0. The third-order valence-corrected chi connectivity index (χ3v) is 2.79. The normalized spacial score (nSPS) is 38.5. The Morgan fingerprint density at radius 3 is 2.75 bits per heavy atom. The van der Waals surface area contributed by atoms with E-state index in [1.165, 1.54) is 0 Å². The number of nitrogens with zero attached hydrogens (tertiary/aromatic N) is 1. The summed E-state index contributed by atoms with van der Waals surface area (Å²) in [5.41, 5.74) is 0. The molecule has 2 N–H and O–H groups in total. The van der Waals surface area contributed by atoms with Gasteiger partial charge in [0, 0.05) is 39.3 Å². The zero-order valence-electron chi connectivity index (χ0n) is 7.36. The third kappa shape index (κ3) is 1.35. The molecule has 2 fully saturated rings. The van der Waals surface area contributed by atoms with E-state index in [4.69, 9.17) is 9.84 Å². The highest BCUT2D eigenvalue weighted by Gasteiger charge is 2.38. The average molecular weight is 172 g/mol. The Balaban J connectivity index is 1.86. The fraction of sp³-hybridized carbons (Fsp3) is 1.00. The van der Waals surface area contributed by atoms with E-state index in [-0.39, 0.29) is 6.10 Å². The molecule has 2 saturated heterocycles. The van der Waals surface area contributed by atoms with Crippen molar-refractivity contribution in [3.8, 4) is 0 Å². The van der Waals surface area contributed by atoms with Gasteiger partial charge >= 0.3 is 0 Å². The van der Waals surface area contributed by atoms with Crippen LogP contribution in [0.3, 0.4) is 0 Å². The molecule has 4 heteroatoms. The molecule has 2 rings (SSSR count). The van der Waals surface area contributed by atoms with Crippen molar-refractivity contribution in [3.05, 3.63) is 0 Å². The minimum atomic E-state index is -0.108. The first-order valence-corrected chi connectivity index (χ1v) is 4.47. The molecule has 2 heterocycles. The minimum Gasteiger partial charge on any atom is -0.390 e. The highest BCUT2D eigenvalue weighted by atomic mass is 16.5. The largest absolute Gasteiger partial charge is 0.390 e. The summed E-state index contributed by atoms with van der Waals surface area (Å²) in [6, 6.07) is 0.471. The molecular weight excluding hydrogens is 156 g/mol. The molecule has 12 heavy (non-hydrogen) atoms. The summed E-state index contributed by atoms with van der Waals surface area (Å²) in [7, 11) is 1.75. The molecule has 4 nitrogen and oxygen atoms in total. The molecule has 70 valence electrons. The number of nitrogens with one attached hydrogen (secondary N) is 1. The minimum absolute atomic E-state index is 0.108. The molecule has 0 aromatic heterocycles. The van der Waals surface area contributed by atoms with Gasteiger partial charge in [0.15, 0.2) is 0 Å². The van der Waals surface area contributed by atoms with Crippen molar-refractivity contribution < 1.29 is 9.84 Å². The second-order valence-electron chi connectivity index (χ2n) is 3.61. The molecule has 2 aliphatic rings. The van der Waals surface area contributed by atoms with E-state index in [0.717, 1.165) is 26.2 Å². The maximum absolute atomic E-state index is 9.13. The zero-order valence-corrected chi connectivity index (χ0v) is 7.36. The Kier molecular flexibility index (Phi) is 2.32. The number of rotatable bonds is 2. The molecule has 0 saturated carbocycles. The van der Waals surface area contributed by atoms with Crippen LogP contribution in [-0.4, -0.2) is 61.5 Å². The Hall–Kier alpha value is -0.160. The van der Waals surface area contributed by atoms with Crippen LogP contribution in [0.5, 0.6) is 0 Å². The molecule has 0 radical (unpaired) electrons. The first-order chi connectivity index (χ1) is 5.81. The molecule has 0 spiro atoms. The van der Waals surface area contributed by atoms with Crippen LogP contribution < -0.4 is 5.32 Å². The van der Waals surface area contributed by atoms with Crippen LogP contribution in [0.2, 0.25) is 0 Å². The van der Waals surface area contributed by atoms with E-state index in [9.17, 15) is 0 Å². The molecule has 0 aliphatic carbocycles. The Labute approximate surface area is 72.5 Å². The third-order valence-electron chi connectivity index (χ3n) is 2.79. The summed E-state index contributed by atoms with van der Waals surface area (Å²) < 4.78 is 5.33. The van der Waals surface area contributed by atoms with Gasteiger partial charge in [-0.15, -0.1) is 0 Å². The lowest BCUT2D eigenvalue weighted by molar-refractivity contribution is -0.0539. The lowest BCUT2D eigenvalue weighted by Gasteiger charge is -2.41. The number of hydrogen-bond donors (Lipinski definition) is 2. The maximum atomic E-state index is 9.13. The van der Waals surface area contributed by atoms with Gasteiger partial charge in [-0.1, -0.05) is 0 Å². The van der Waals surface area contributed by atoms with Crippen molar-refractivity contribution in [2.24, 2.45) is 0 Å². The number of methoxy groups -OCH3 is 1. The monoisotopic (exact) mass is 172 g/mol. The summed E-state index contributed by atoms with van der Waals surface area (Å²) in [4.78, 5) is 2.28. The van der Waals surface area contributed by atoms with Crippen molar-refractivity contribution in [1.29, 1.82) is 0 Å². The van der Waals surface area contributed by atoms with Gasteiger partial charge in [0.25, 0.3) is 0 Å². The quantitative estimate of drug-likeness (QED) is 0.540. The SMILES string of the molecule is COC1CNCC1N1CC(O)C1. The second-order valence-corrected chi connectivity index (χ2v) is 3.61. The molecule has 2 atom stereocenters. The van der Waals surface area contributed by atoms with Gasteiger partial charge in [-0.3, -0.25) is 4.90 Å². The fourth-order valence-corrected chi connectivity index (χ4v) is 2.00. The van der Waals surface area contributed by atoms with Crippen LogP contribution in [0.4, 0.5) is 0 Å². The summed E-state index contributed by atoms with van der Waals surface area (Å²) in [6.45, 7) is 3.55. The van der Waals surface area contributed by atoms with Gasteiger partial charge in [0.05, 0.1) is 12.2 Å². The van der Waals surface area contributed by atoms with Crippen molar-refractivity contribution in [2.75, 3.05) is 33.3 Å². The van der Waals surface area contributed by atoms with E-state index in [0.29, 0.717) is 12.1 Å². The van der Waals surface area contributed by atoms with Crippen molar-refractivity contribution in [2.45, 2.75) is 18.2 Å². The lowest BCUT2D eigenvalue weighted by atomic mass is 10.1. The smallest absolute Gasteiger partial charge is 0.0862 e. The van der Waals surface area contributed by atoms with Gasteiger partial charge in [0.2, 0.25) is 0 Å². The van der Waals surface area contributed by atoms with Gasteiger partial charge in [-0.05, 0) is 0 Å². The van der Waals surface area contributed by atoms with Crippen LogP contribution in [0.25, 0.3) is 0 Å². The standard InChI is InChI=1S/C8H16N2O2/c1-12-8-3-9-2-7(8)10-4-6(11)5-10/h6-9,11H,2-5H2,1H3. The van der Waals surface area contributed by atoms with E-state index in [1.807, 2.05) is 0 Å².